The van der Waals surface area contributed by atoms with Crippen LogP contribution in [-0.4, -0.2) is 19.5 Å². The van der Waals surface area contributed by atoms with E-state index in [9.17, 15) is 0 Å². The number of aromatic nitrogens is 4. The topological polar surface area (TPSA) is 83.0 Å². The van der Waals surface area contributed by atoms with Crippen LogP contribution in [0.25, 0.3) is 183 Å². The van der Waals surface area contributed by atoms with Crippen molar-refractivity contribution in [2.24, 2.45) is 0 Å². The molecular weight excluding hydrogens is 1080 g/mol. The van der Waals surface area contributed by atoms with Crippen LogP contribution in [0.3, 0.4) is 0 Å². The van der Waals surface area contributed by atoms with Crippen LogP contribution in [0.5, 0.6) is 0 Å². The lowest BCUT2D eigenvalue weighted by molar-refractivity contribution is 0.669. The molecule has 0 aliphatic heterocycles. The molecule has 18 aromatic rings. The number of fused-ring (bicyclic) bond motifs is 12. The maximum absolute atomic E-state index is 7.16. The molecule has 0 amide bonds. The Hall–Kier alpha value is -11.9. The van der Waals surface area contributed by atoms with Gasteiger partial charge in [-0.2, -0.15) is 0 Å². The first-order valence-electron chi connectivity index (χ1n) is 29.6. The smallest absolute Gasteiger partial charge is 0.164 e. The Morgan fingerprint density at radius 2 is 0.705 bits per heavy atom. The molecule has 0 N–H and O–H groups in total. The van der Waals surface area contributed by atoms with E-state index in [0.29, 0.717) is 23.1 Å². The molecule has 7 nitrogen and oxygen atoms in total. The van der Waals surface area contributed by atoms with E-state index in [1.54, 1.807) is 0 Å². The van der Waals surface area contributed by atoms with E-state index in [2.05, 4.69) is 235 Å². The van der Waals surface area contributed by atoms with E-state index in [1.165, 1.54) is 21.9 Å². The van der Waals surface area contributed by atoms with Gasteiger partial charge in [-0.15, -0.1) is 0 Å². The van der Waals surface area contributed by atoms with Crippen LogP contribution in [0.2, 0.25) is 0 Å². The zero-order valence-corrected chi connectivity index (χ0v) is 47.2. The van der Waals surface area contributed by atoms with Crippen molar-refractivity contribution < 1.29 is 13.3 Å². The molecule has 0 radical (unpaired) electrons. The molecular formula is C81H48N4O3. The molecule has 0 aliphatic rings. The first-order chi connectivity index (χ1) is 43.6. The van der Waals surface area contributed by atoms with Crippen LogP contribution >= 0.6 is 0 Å². The third-order valence-corrected chi connectivity index (χ3v) is 17.5. The minimum absolute atomic E-state index is 0.541. The summed E-state index contributed by atoms with van der Waals surface area (Å²) in [5, 5.41) is 8.47. The summed E-state index contributed by atoms with van der Waals surface area (Å²) in [7, 11) is 0. The molecule has 5 heterocycles. The SMILES string of the molecule is c1ccc(-c2ccc(-c3nc(-c4ccccc4)nc(-c4cccc5oc6c(-c7cccc(-c8ccc9oc%10ccc(-n%11c%12ccccc%12c%12cc(-c%13ccccc%13)ccc%12%11)cc%10c9c8)c7)cc(-c7cccc8c7oc7ccccc78)cc6c45)n3)cc2)cc1. The Balaban J connectivity index is 0.799. The maximum atomic E-state index is 7.16. The molecule has 5 aromatic heterocycles. The molecule has 18 rings (SSSR count). The summed E-state index contributed by atoms with van der Waals surface area (Å²) >= 11 is 0. The zero-order valence-electron chi connectivity index (χ0n) is 47.2. The van der Waals surface area contributed by atoms with Gasteiger partial charge in [0.05, 0.1) is 11.0 Å². The highest BCUT2D eigenvalue weighted by molar-refractivity contribution is 6.18. The molecule has 0 bridgehead atoms. The highest BCUT2D eigenvalue weighted by Gasteiger charge is 2.24. The van der Waals surface area contributed by atoms with Gasteiger partial charge in [-0.1, -0.05) is 212 Å². The van der Waals surface area contributed by atoms with E-state index < -0.39 is 0 Å². The summed E-state index contributed by atoms with van der Waals surface area (Å²) in [6, 6.07) is 102. The standard InChI is InChI=1S/C81H48N4O3/c1-4-17-49(18-5-1)51-33-35-53(36-34-51)80-82-79(52-21-8-3-9-22-52)83-81(84-80)64-29-16-32-75-76(64)69-47-58(60-27-15-28-63-62-26-11-13-31-72(62)87-77(60)63)46-65(78(69)88-75)57-24-14-23-54(43-57)56-38-41-73-67(45-56)68-48-59(39-42-74(68)86-73)85-70-30-12-10-25-61(70)66-44-55(37-40-71(66)85)50-19-6-2-7-20-50/h1-48H. The Kier molecular flexibility index (Phi) is 11.2. The third kappa shape index (κ3) is 8.09. The van der Waals surface area contributed by atoms with E-state index >= 15 is 0 Å². The molecule has 0 aliphatic carbocycles. The minimum Gasteiger partial charge on any atom is -0.456 e. The summed E-state index contributed by atoms with van der Waals surface area (Å²) in [5.41, 5.74) is 21.4. The van der Waals surface area contributed by atoms with Gasteiger partial charge in [0.2, 0.25) is 0 Å². The number of para-hydroxylation sites is 3. The van der Waals surface area contributed by atoms with Crippen molar-refractivity contribution in [1.82, 2.24) is 19.5 Å². The predicted molar refractivity (Wildman–Crippen MR) is 359 cm³/mol. The average Bonchev–Trinajstić information content (AvgIpc) is 4.27. The van der Waals surface area contributed by atoms with Crippen LogP contribution in [0.1, 0.15) is 0 Å². The first kappa shape index (κ1) is 49.5. The van der Waals surface area contributed by atoms with Crippen molar-refractivity contribution in [1.29, 1.82) is 0 Å². The summed E-state index contributed by atoms with van der Waals surface area (Å²) in [5.74, 6) is 1.70. The summed E-state index contributed by atoms with van der Waals surface area (Å²) in [4.78, 5) is 15.7. The van der Waals surface area contributed by atoms with Crippen LogP contribution in [0.4, 0.5) is 0 Å². The van der Waals surface area contributed by atoms with Crippen LogP contribution in [0, 0.1) is 0 Å². The molecule has 0 unspecified atom stereocenters. The second kappa shape index (κ2) is 19.8. The van der Waals surface area contributed by atoms with Crippen molar-refractivity contribution in [2.75, 3.05) is 0 Å². The van der Waals surface area contributed by atoms with Crippen LogP contribution in [0.15, 0.2) is 304 Å². The van der Waals surface area contributed by atoms with E-state index in [1.807, 2.05) is 60.7 Å². The number of hydrogen-bond acceptors (Lipinski definition) is 6. The largest absolute Gasteiger partial charge is 0.456 e. The van der Waals surface area contributed by atoms with Crippen LogP contribution < -0.4 is 0 Å². The molecule has 0 saturated carbocycles. The molecule has 410 valence electrons. The number of furan rings is 3. The lowest BCUT2D eigenvalue weighted by Crippen LogP contribution is -2.00. The monoisotopic (exact) mass is 1120 g/mol. The van der Waals surface area contributed by atoms with Gasteiger partial charge in [-0.3, -0.25) is 0 Å². The Labute approximate surface area is 504 Å². The highest BCUT2D eigenvalue weighted by atomic mass is 16.3. The number of rotatable bonds is 9. The van der Waals surface area contributed by atoms with E-state index in [4.69, 9.17) is 28.2 Å². The van der Waals surface area contributed by atoms with E-state index in [-0.39, 0.29) is 0 Å². The molecule has 0 fully saturated rings. The minimum atomic E-state index is 0.541. The average molecular weight is 1130 g/mol. The Bertz CT molecular complexity index is 5800. The van der Waals surface area contributed by atoms with Gasteiger partial charge < -0.3 is 17.8 Å². The molecule has 0 saturated heterocycles. The number of nitrogens with zero attached hydrogens (tertiary/aromatic N) is 4. The molecule has 13 aromatic carbocycles. The predicted octanol–water partition coefficient (Wildman–Crippen LogP) is 22.0. The fourth-order valence-electron chi connectivity index (χ4n) is 13.3. The van der Waals surface area contributed by atoms with Gasteiger partial charge in [-0.25, -0.2) is 15.0 Å². The number of hydrogen-bond donors (Lipinski definition) is 0. The van der Waals surface area contributed by atoms with Crippen molar-refractivity contribution in [3.63, 3.8) is 0 Å². The van der Waals surface area contributed by atoms with Crippen molar-refractivity contribution >= 4 is 87.6 Å². The second-order valence-corrected chi connectivity index (χ2v) is 22.6. The first-order valence-corrected chi connectivity index (χ1v) is 29.6. The molecule has 0 atom stereocenters. The van der Waals surface area contributed by atoms with Gasteiger partial charge in [0, 0.05) is 76.6 Å². The van der Waals surface area contributed by atoms with E-state index in [0.717, 1.165) is 138 Å². The van der Waals surface area contributed by atoms with Crippen molar-refractivity contribution in [3.05, 3.63) is 291 Å². The zero-order chi connectivity index (χ0) is 57.8. The fourth-order valence-corrected chi connectivity index (χ4v) is 13.3. The number of benzene rings is 13. The van der Waals surface area contributed by atoms with Gasteiger partial charge in [0.1, 0.15) is 33.5 Å². The molecule has 7 heteroatoms. The van der Waals surface area contributed by atoms with Gasteiger partial charge in [0.15, 0.2) is 17.5 Å². The maximum Gasteiger partial charge on any atom is 0.164 e. The molecule has 88 heavy (non-hydrogen) atoms. The summed E-state index contributed by atoms with van der Waals surface area (Å²) < 4.78 is 22.9. The lowest BCUT2D eigenvalue weighted by atomic mass is 9.92. The Morgan fingerprint density at radius 1 is 0.227 bits per heavy atom. The van der Waals surface area contributed by atoms with Crippen LogP contribution in [-0.2, 0) is 0 Å². The fraction of sp³-hybridized carbons (Fsp3) is 0. The summed E-state index contributed by atoms with van der Waals surface area (Å²) in [6.07, 6.45) is 0. The Morgan fingerprint density at radius 3 is 1.51 bits per heavy atom. The lowest BCUT2D eigenvalue weighted by Gasteiger charge is -2.11. The van der Waals surface area contributed by atoms with Gasteiger partial charge in [-0.05, 0) is 123 Å². The van der Waals surface area contributed by atoms with Gasteiger partial charge in [0.25, 0.3) is 0 Å². The van der Waals surface area contributed by atoms with Gasteiger partial charge >= 0.3 is 0 Å². The third-order valence-electron chi connectivity index (χ3n) is 17.5. The van der Waals surface area contributed by atoms with Crippen molar-refractivity contribution in [3.8, 4) is 95.5 Å². The highest BCUT2D eigenvalue weighted by Crippen LogP contribution is 2.46. The normalized spacial score (nSPS) is 11.9. The quantitative estimate of drug-likeness (QED) is 0.143. The summed E-state index contributed by atoms with van der Waals surface area (Å²) in [6.45, 7) is 0. The van der Waals surface area contributed by atoms with Crippen molar-refractivity contribution in [2.45, 2.75) is 0 Å². The second-order valence-electron chi connectivity index (χ2n) is 22.6. The molecule has 0 spiro atoms.